The lowest BCUT2D eigenvalue weighted by atomic mass is 9.70. The van der Waals surface area contributed by atoms with Crippen molar-refractivity contribution in [3.05, 3.63) is 137 Å². The van der Waals surface area contributed by atoms with Gasteiger partial charge in [-0.25, -0.2) is 0 Å². The number of nitrogens with two attached hydrogens (primary N) is 1. The summed E-state index contributed by atoms with van der Waals surface area (Å²) in [6, 6.07) is 32.7. The molecule has 2 aliphatic rings. The lowest BCUT2D eigenvalue weighted by Gasteiger charge is -2.35. The van der Waals surface area contributed by atoms with E-state index in [1.807, 2.05) is 54.6 Å². The Hall–Kier alpha value is -4.19. The van der Waals surface area contributed by atoms with Crippen LogP contribution in [0.5, 0.6) is 11.5 Å². The molecule has 5 nitrogen and oxygen atoms in total. The Morgan fingerprint density at radius 2 is 1.52 bits per heavy atom. The first-order valence-electron chi connectivity index (χ1n) is 17.5. The number of benzene rings is 4. The number of primary amides is 1. The molecule has 1 heterocycles. The molecule has 5 heteroatoms. The van der Waals surface area contributed by atoms with Crippen molar-refractivity contribution in [2.75, 3.05) is 6.61 Å². The number of ether oxygens (including phenoxy) is 3. The van der Waals surface area contributed by atoms with Gasteiger partial charge in [0.2, 0.25) is 5.91 Å². The van der Waals surface area contributed by atoms with Crippen LogP contribution in [0, 0.1) is 0 Å². The molecular formula is C43H49NO4. The maximum Gasteiger partial charge on any atom is 0.225 e. The number of hydrogen-bond donors (Lipinski definition) is 1. The zero-order valence-electron chi connectivity index (χ0n) is 28.6. The van der Waals surface area contributed by atoms with Gasteiger partial charge < -0.3 is 19.9 Å². The highest BCUT2D eigenvalue weighted by molar-refractivity contribution is 5.86. The van der Waals surface area contributed by atoms with Gasteiger partial charge >= 0.3 is 0 Å². The molecule has 48 heavy (non-hydrogen) atoms. The molecular weight excluding hydrogens is 594 g/mol. The first-order valence-corrected chi connectivity index (χ1v) is 17.5. The highest BCUT2D eigenvalue weighted by Crippen LogP contribution is 2.51. The number of carbonyl (C=O) groups is 1. The zero-order valence-corrected chi connectivity index (χ0v) is 28.6. The van der Waals surface area contributed by atoms with E-state index in [1.165, 1.54) is 19.3 Å². The lowest BCUT2D eigenvalue weighted by Crippen LogP contribution is -2.31. The molecule has 2 atom stereocenters. The van der Waals surface area contributed by atoms with Gasteiger partial charge in [0.1, 0.15) is 11.5 Å². The molecule has 1 amide bonds. The SMILES string of the molecule is CC(C)(C)c1ccc(C=CC(CCOC2CCCCC2)OCc2ccccc2)cc1C(C(N)=O)C1c2ccccc2Oc2ccccc21. The van der Waals surface area contributed by atoms with E-state index in [0.717, 1.165) is 64.1 Å². The van der Waals surface area contributed by atoms with Crippen LogP contribution >= 0.6 is 0 Å². The minimum atomic E-state index is -0.604. The summed E-state index contributed by atoms with van der Waals surface area (Å²) in [6.45, 7) is 7.75. The minimum Gasteiger partial charge on any atom is -0.457 e. The monoisotopic (exact) mass is 643 g/mol. The maximum absolute atomic E-state index is 13.7. The van der Waals surface area contributed by atoms with Crippen molar-refractivity contribution in [3.8, 4) is 11.5 Å². The number of hydrogen-bond acceptors (Lipinski definition) is 4. The van der Waals surface area contributed by atoms with Crippen molar-refractivity contribution in [1.29, 1.82) is 0 Å². The fraction of sp³-hybridized carbons (Fsp3) is 0.372. The average molecular weight is 644 g/mol. The van der Waals surface area contributed by atoms with Gasteiger partial charge in [0, 0.05) is 30.1 Å². The van der Waals surface area contributed by atoms with Gasteiger partial charge in [-0.3, -0.25) is 4.79 Å². The Balaban J connectivity index is 1.33. The largest absolute Gasteiger partial charge is 0.457 e. The summed E-state index contributed by atoms with van der Waals surface area (Å²) in [5.74, 6) is 0.266. The first kappa shape index (κ1) is 33.7. The quantitative estimate of drug-likeness (QED) is 0.167. The first-order chi connectivity index (χ1) is 23.3. The van der Waals surface area contributed by atoms with E-state index < -0.39 is 5.92 Å². The molecule has 1 saturated carbocycles. The molecule has 250 valence electrons. The van der Waals surface area contributed by atoms with Crippen molar-refractivity contribution >= 4 is 12.0 Å². The van der Waals surface area contributed by atoms with Gasteiger partial charge in [0.05, 0.1) is 24.7 Å². The van der Waals surface area contributed by atoms with Gasteiger partial charge in [0.15, 0.2) is 0 Å². The fourth-order valence-corrected chi connectivity index (χ4v) is 7.24. The Kier molecular flexibility index (Phi) is 10.8. The molecule has 0 aromatic heterocycles. The van der Waals surface area contributed by atoms with E-state index in [4.69, 9.17) is 19.9 Å². The summed E-state index contributed by atoms with van der Waals surface area (Å²) in [5.41, 5.74) is 12.3. The normalized spacial score (nSPS) is 16.6. The Labute approximate surface area is 286 Å². The van der Waals surface area contributed by atoms with Crippen LogP contribution in [0.25, 0.3) is 6.08 Å². The number of carbonyl (C=O) groups excluding carboxylic acids is 1. The summed E-state index contributed by atoms with van der Waals surface area (Å²) >= 11 is 0. The molecule has 0 radical (unpaired) electrons. The van der Waals surface area contributed by atoms with Crippen molar-refractivity contribution < 1.29 is 19.0 Å². The van der Waals surface area contributed by atoms with E-state index in [0.29, 0.717) is 19.3 Å². The summed E-state index contributed by atoms with van der Waals surface area (Å²) in [4.78, 5) is 13.7. The fourth-order valence-electron chi connectivity index (χ4n) is 7.24. The van der Waals surface area contributed by atoms with E-state index in [9.17, 15) is 4.79 Å². The molecule has 1 aliphatic carbocycles. The van der Waals surface area contributed by atoms with Crippen LogP contribution in [0.4, 0.5) is 0 Å². The van der Waals surface area contributed by atoms with Crippen LogP contribution in [-0.4, -0.2) is 24.7 Å². The standard InChI is InChI=1S/C43H49NO4/c1-43(2,3)37-25-23-30(22-24-33(47-29-31-14-6-4-7-15-31)26-27-46-32-16-8-5-9-17-32)28-36(37)41(42(44)45)40-34-18-10-12-20-38(34)48-39-21-13-11-19-35(39)40/h4,6-7,10-15,18-25,28,32-33,40-41H,5,8-9,16-17,26-27,29H2,1-3H3,(H2,44,45). The average Bonchev–Trinajstić information content (AvgIpc) is 3.09. The second kappa shape index (κ2) is 15.4. The smallest absolute Gasteiger partial charge is 0.225 e. The third-order valence-electron chi connectivity index (χ3n) is 9.70. The van der Waals surface area contributed by atoms with Crippen LogP contribution in [0.2, 0.25) is 0 Å². The predicted octanol–water partition coefficient (Wildman–Crippen LogP) is 9.83. The molecule has 4 aromatic rings. The van der Waals surface area contributed by atoms with Gasteiger partial charge in [0.25, 0.3) is 0 Å². The third kappa shape index (κ3) is 8.08. The Bertz CT molecular complexity index is 1650. The summed E-state index contributed by atoms with van der Waals surface area (Å²) in [7, 11) is 0. The second-order valence-corrected chi connectivity index (χ2v) is 14.2. The molecule has 4 aromatic carbocycles. The van der Waals surface area contributed by atoms with Crippen LogP contribution in [0.15, 0.2) is 103 Å². The van der Waals surface area contributed by atoms with Crippen molar-refractivity contribution in [1.82, 2.24) is 0 Å². The summed E-state index contributed by atoms with van der Waals surface area (Å²) in [6.07, 6.45) is 11.4. The van der Waals surface area contributed by atoms with Crippen LogP contribution in [0.1, 0.15) is 105 Å². The number of amides is 1. The second-order valence-electron chi connectivity index (χ2n) is 14.2. The van der Waals surface area contributed by atoms with Crippen LogP contribution in [0.3, 0.4) is 0 Å². The molecule has 2 unspecified atom stereocenters. The predicted molar refractivity (Wildman–Crippen MR) is 193 cm³/mol. The van der Waals surface area contributed by atoms with E-state index in [2.05, 4.69) is 75.4 Å². The molecule has 1 fully saturated rings. The number of para-hydroxylation sites is 2. The highest BCUT2D eigenvalue weighted by atomic mass is 16.5. The molecule has 2 N–H and O–H groups in total. The maximum atomic E-state index is 13.7. The van der Waals surface area contributed by atoms with Gasteiger partial charge in [-0.2, -0.15) is 0 Å². The highest BCUT2D eigenvalue weighted by Gasteiger charge is 2.39. The van der Waals surface area contributed by atoms with E-state index in [1.54, 1.807) is 0 Å². The number of rotatable bonds is 12. The van der Waals surface area contributed by atoms with E-state index >= 15 is 0 Å². The Morgan fingerprint density at radius 1 is 0.875 bits per heavy atom. The van der Waals surface area contributed by atoms with Gasteiger partial charge in [-0.1, -0.05) is 137 Å². The lowest BCUT2D eigenvalue weighted by molar-refractivity contribution is -0.119. The molecule has 6 rings (SSSR count). The van der Waals surface area contributed by atoms with Crippen molar-refractivity contribution in [2.45, 2.75) is 95.4 Å². The molecule has 1 aliphatic heterocycles. The van der Waals surface area contributed by atoms with Crippen molar-refractivity contribution in [2.24, 2.45) is 5.73 Å². The van der Waals surface area contributed by atoms with E-state index in [-0.39, 0.29) is 23.3 Å². The van der Waals surface area contributed by atoms with Crippen LogP contribution < -0.4 is 10.5 Å². The summed E-state index contributed by atoms with van der Waals surface area (Å²) in [5, 5.41) is 0. The van der Waals surface area contributed by atoms with Gasteiger partial charge in [-0.15, -0.1) is 0 Å². The van der Waals surface area contributed by atoms with Gasteiger partial charge in [-0.05, 0) is 52.6 Å². The molecule has 0 bridgehead atoms. The Morgan fingerprint density at radius 3 is 2.17 bits per heavy atom. The molecule has 0 saturated heterocycles. The zero-order chi connectivity index (χ0) is 33.5. The number of fused-ring (bicyclic) bond motifs is 2. The topological polar surface area (TPSA) is 70.8 Å². The van der Waals surface area contributed by atoms with Crippen molar-refractivity contribution in [3.63, 3.8) is 0 Å². The molecule has 0 spiro atoms. The van der Waals surface area contributed by atoms with Crippen LogP contribution in [-0.2, 0) is 26.3 Å². The third-order valence-corrected chi connectivity index (χ3v) is 9.70. The summed E-state index contributed by atoms with van der Waals surface area (Å²) < 4.78 is 19.0. The minimum absolute atomic E-state index is 0.124.